The molecule has 0 saturated carbocycles. The lowest BCUT2D eigenvalue weighted by atomic mass is 9.92. The third-order valence-electron chi connectivity index (χ3n) is 5.94. The number of nitrogens with zero attached hydrogens (tertiary/aromatic N) is 3. The summed E-state index contributed by atoms with van der Waals surface area (Å²) in [5, 5.41) is 6.98. The number of hydrogen-bond acceptors (Lipinski definition) is 3. The number of nitrogens with one attached hydrogen (secondary N) is 2. The SMILES string of the molecule is CCNC(=NCC(Cc1ccccc1)c1ccccc1)NCCN1CCCN(C)CC1.I. The topological polar surface area (TPSA) is 42.9 Å². The maximum Gasteiger partial charge on any atom is 0.191 e. The first-order valence-electron chi connectivity index (χ1n) is 11.8. The van der Waals surface area contributed by atoms with Crippen molar-refractivity contribution in [1.29, 1.82) is 0 Å². The van der Waals surface area contributed by atoms with Gasteiger partial charge in [0.25, 0.3) is 0 Å². The molecule has 2 aromatic carbocycles. The first-order chi connectivity index (χ1) is 15.2. The van der Waals surface area contributed by atoms with Gasteiger partial charge < -0.3 is 20.4 Å². The first kappa shape index (κ1) is 26.6. The molecule has 0 spiro atoms. The summed E-state index contributed by atoms with van der Waals surface area (Å²) in [5.74, 6) is 1.28. The Morgan fingerprint density at radius 3 is 2.38 bits per heavy atom. The molecule has 1 saturated heterocycles. The summed E-state index contributed by atoms with van der Waals surface area (Å²) >= 11 is 0. The van der Waals surface area contributed by atoms with Gasteiger partial charge in [-0.2, -0.15) is 0 Å². The lowest BCUT2D eigenvalue weighted by Gasteiger charge is -2.21. The maximum absolute atomic E-state index is 4.97. The van der Waals surface area contributed by atoms with E-state index in [4.69, 9.17) is 4.99 Å². The van der Waals surface area contributed by atoms with E-state index in [-0.39, 0.29) is 24.0 Å². The van der Waals surface area contributed by atoms with Gasteiger partial charge >= 0.3 is 0 Å². The minimum atomic E-state index is 0. The van der Waals surface area contributed by atoms with Crippen LogP contribution < -0.4 is 10.6 Å². The molecule has 1 aliphatic heterocycles. The van der Waals surface area contributed by atoms with Gasteiger partial charge in [-0.05, 0) is 51.0 Å². The van der Waals surface area contributed by atoms with Crippen LogP contribution in [0.4, 0.5) is 0 Å². The summed E-state index contributed by atoms with van der Waals surface area (Å²) in [4.78, 5) is 9.95. The van der Waals surface area contributed by atoms with Crippen LogP contribution in [0.25, 0.3) is 0 Å². The zero-order chi connectivity index (χ0) is 21.7. The second kappa shape index (κ2) is 15.2. The summed E-state index contributed by atoms with van der Waals surface area (Å²) < 4.78 is 0. The van der Waals surface area contributed by atoms with Crippen LogP contribution in [0.5, 0.6) is 0 Å². The molecule has 2 N–H and O–H groups in total. The highest BCUT2D eigenvalue weighted by atomic mass is 127. The lowest BCUT2D eigenvalue weighted by Crippen LogP contribution is -2.42. The van der Waals surface area contributed by atoms with Crippen molar-refractivity contribution >= 4 is 29.9 Å². The molecule has 1 heterocycles. The number of aliphatic imine (C=N–C) groups is 1. The number of guanidine groups is 1. The normalized spacial score (nSPS) is 16.6. The van der Waals surface area contributed by atoms with Gasteiger partial charge in [-0.25, -0.2) is 0 Å². The largest absolute Gasteiger partial charge is 0.357 e. The van der Waals surface area contributed by atoms with Crippen LogP contribution in [-0.2, 0) is 6.42 Å². The molecule has 1 fully saturated rings. The van der Waals surface area contributed by atoms with Crippen LogP contribution in [0.15, 0.2) is 65.7 Å². The molecular weight excluding hydrogens is 509 g/mol. The number of halogens is 1. The van der Waals surface area contributed by atoms with Crippen LogP contribution in [0.1, 0.15) is 30.4 Å². The lowest BCUT2D eigenvalue weighted by molar-refractivity contribution is 0.280. The van der Waals surface area contributed by atoms with Crippen LogP contribution in [0.3, 0.4) is 0 Å². The van der Waals surface area contributed by atoms with E-state index in [0.717, 1.165) is 51.6 Å². The number of likely N-dealkylation sites (N-methyl/N-ethyl adjacent to an activating group) is 1. The standard InChI is InChI=1S/C26H39N5.HI/c1-3-27-26(28-15-18-31-17-10-16-30(2)19-20-31)29-22-25(24-13-8-5-9-14-24)21-23-11-6-4-7-12-23;/h4-9,11-14,25H,3,10,15-22H2,1-2H3,(H2,27,28,29);1H. The Morgan fingerprint density at radius 2 is 1.66 bits per heavy atom. The zero-order valence-corrected chi connectivity index (χ0v) is 22.0. The molecule has 1 unspecified atom stereocenters. The number of rotatable bonds is 9. The average molecular weight is 550 g/mol. The van der Waals surface area contributed by atoms with E-state index in [1.807, 2.05) is 0 Å². The van der Waals surface area contributed by atoms with Crippen LogP contribution in [-0.4, -0.2) is 75.2 Å². The van der Waals surface area contributed by atoms with Crippen LogP contribution in [0, 0.1) is 0 Å². The van der Waals surface area contributed by atoms with Crippen molar-refractivity contribution in [3.63, 3.8) is 0 Å². The van der Waals surface area contributed by atoms with Gasteiger partial charge in [-0.15, -0.1) is 24.0 Å². The number of benzene rings is 2. The van der Waals surface area contributed by atoms with E-state index in [1.165, 1.54) is 30.6 Å². The molecule has 176 valence electrons. The predicted octanol–water partition coefficient (Wildman–Crippen LogP) is 3.82. The monoisotopic (exact) mass is 549 g/mol. The molecule has 1 atom stereocenters. The predicted molar refractivity (Wildman–Crippen MR) is 147 cm³/mol. The summed E-state index contributed by atoms with van der Waals surface area (Å²) in [6, 6.07) is 21.5. The minimum absolute atomic E-state index is 0. The molecule has 1 aliphatic rings. The van der Waals surface area contributed by atoms with Gasteiger partial charge in [0.15, 0.2) is 5.96 Å². The van der Waals surface area contributed by atoms with Crippen molar-refractivity contribution in [1.82, 2.24) is 20.4 Å². The average Bonchev–Trinajstić information content (AvgIpc) is 3.01. The summed E-state index contributed by atoms with van der Waals surface area (Å²) in [5.41, 5.74) is 2.70. The zero-order valence-electron chi connectivity index (χ0n) is 19.7. The third kappa shape index (κ3) is 9.46. The van der Waals surface area contributed by atoms with E-state index >= 15 is 0 Å². The van der Waals surface area contributed by atoms with Gasteiger partial charge in [0.2, 0.25) is 0 Å². The molecule has 6 heteroatoms. The Bertz CT molecular complexity index is 768. The fraction of sp³-hybridized carbons (Fsp3) is 0.500. The van der Waals surface area contributed by atoms with E-state index in [9.17, 15) is 0 Å². The van der Waals surface area contributed by atoms with Crippen molar-refractivity contribution in [2.75, 3.05) is 59.4 Å². The van der Waals surface area contributed by atoms with E-state index < -0.39 is 0 Å². The molecule has 0 aliphatic carbocycles. The van der Waals surface area contributed by atoms with Crippen LogP contribution in [0.2, 0.25) is 0 Å². The van der Waals surface area contributed by atoms with Crippen molar-refractivity contribution in [2.24, 2.45) is 4.99 Å². The molecule has 32 heavy (non-hydrogen) atoms. The first-order valence-corrected chi connectivity index (χ1v) is 11.8. The third-order valence-corrected chi connectivity index (χ3v) is 5.94. The molecule has 0 bridgehead atoms. The van der Waals surface area contributed by atoms with Crippen molar-refractivity contribution in [3.05, 3.63) is 71.8 Å². The Morgan fingerprint density at radius 1 is 0.938 bits per heavy atom. The van der Waals surface area contributed by atoms with Crippen LogP contribution >= 0.6 is 24.0 Å². The highest BCUT2D eigenvalue weighted by Gasteiger charge is 2.14. The number of hydrogen-bond donors (Lipinski definition) is 2. The summed E-state index contributed by atoms with van der Waals surface area (Å²) in [6.07, 6.45) is 2.25. The second-order valence-corrected chi connectivity index (χ2v) is 8.44. The summed E-state index contributed by atoms with van der Waals surface area (Å²) in [6.45, 7) is 10.4. The molecule has 5 nitrogen and oxygen atoms in total. The van der Waals surface area contributed by atoms with Crippen molar-refractivity contribution in [3.8, 4) is 0 Å². The molecular formula is C26H40IN5. The minimum Gasteiger partial charge on any atom is -0.357 e. The fourth-order valence-corrected chi connectivity index (χ4v) is 4.11. The second-order valence-electron chi connectivity index (χ2n) is 8.44. The Labute approximate surface area is 211 Å². The van der Waals surface area contributed by atoms with Gasteiger partial charge in [-0.1, -0.05) is 60.7 Å². The molecule has 0 aromatic heterocycles. The Hall–Kier alpha value is -1.64. The van der Waals surface area contributed by atoms with Gasteiger partial charge in [0.1, 0.15) is 0 Å². The van der Waals surface area contributed by atoms with E-state index in [0.29, 0.717) is 5.92 Å². The Kier molecular flexibility index (Phi) is 12.7. The highest BCUT2D eigenvalue weighted by Crippen LogP contribution is 2.21. The van der Waals surface area contributed by atoms with Crippen molar-refractivity contribution in [2.45, 2.75) is 25.7 Å². The van der Waals surface area contributed by atoms with Gasteiger partial charge in [0, 0.05) is 45.2 Å². The summed E-state index contributed by atoms with van der Waals surface area (Å²) in [7, 11) is 2.22. The van der Waals surface area contributed by atoms with Crippen molar-refractivity contribution < 1.29 is 0 Å². The Balaban J connectivity index is 0.00000363. The fourth-order valence-electron chi connectivity index (χ4n) is 4.11. The van der Waals surface area contributed by atoms with Gasteiger partial charge in [0.05, 0.1) is 0 Å². The smallest absolute Gasteiger partial charge is 0.191 e. The highest BCUT2D eigenvalue weighted by molar-refractivity contribution is 14.0. The molecule has 3 rings (SSSR count). The molecule has 0 radical (unpaired) electrons. The quantitative estimate of drug-likeness (QED) is 0.284. The molecule has 2 aromatic rings. The maximum atomic E-state index is 4.97. The molecule has 0 amide bonds. The van der Waals surface area contributed by atoms with Gasteiger partial charge in [-0.3, -0.25) is 4.99 Å². The van der Waals surface area contributed by atoms with E-state index in [2.05, 4.69) is 95.1 Å². The van der Waals surface area contributed by atoms with E-state index in [1.54, 1.807) is 0 Å².